The summed E-state index contributed by atoms with van der Waals surface area (Å²) in [5.74, 6) is 3.20. The van der Waals surface area contributed by atoms with Crippen LogP contribution in [0.15, 0.2) is 10.1 Å². The molecule has 1 aliphatic heterocycles. The summed E-state index contributed by atoms with van der Waals surface area (Å²) in [6, 6.07) is 0. The van der Waals surface area contributed by atoms with Crippen LogP contribution in [0.2, 0.25) is 0 Å². The van der Waals surface area contributed by atoms with E-state index in [0.29, 0.717) is 18.3 Å². The fraction of sp³-hybridized carbons (Fsp3) is 0.800. The Labute approximate surface area is 202 Å². The summed E-state index contributed by atoms with van der Waals surface area (Å²) in [6.07, 6.45) is 6.63. The number of aromatic nitrogens is 3. The van der Waals surface area contributed by atoms with Crippen LogP contribution in [0.3, 0.4) is 0 Å². The molecule has 1 amide bonds. The van der Waals surface area contributed by atoms with Crippen LogP contribution in [0.25, 0.3) is 0 Å². The molecule has 2 N–H and O–H groups in total. The first kappa shape index (κ1) is 27.0. The number of carbonyl (C=O) groups is 1. The van der Waals surface area contributed by atoms with Crippen LogP contribution in [-0.2, 0) is 17.8 Å². The highest BCUT2D eigenvalue weighted by atomic mass is 127. The first-order chi connectivity index (χ1) is 14.0. The Balaban J connectivity index is 0.00000450. The SMILES string of the molecule is CN=C(NCCCc1nnc(SC)n1CC(C)C)N1CCC(CC(=O)NC)CC1.I. The molecule has 1 fully saturated rings. The van der Waals surface area contributed by atoms with Gasteiger partial charge in [-0.25, -0.2) is 0 Å². The first-order valence-electron chi connectivity index (χ1n) is 10.6. The molecule has 1 aromatic rings. The van der Waals surface area contributed by atoms with E-state index in [-0.39, 0.29) is 29.9 Å². The van der Waals surface area contributed by atoms with Crippen molar-refractivity contribution in [2.45, 2.75) is 57.7 Å². The molecule has 0 aromatic carbocycles. The van der Waals surface area contributed by atoms with E-state index >= 15 is 0 Å². The number of nitrogens with zero attached hydrogens (tertiary/aromatic N) is 5. The van der Waals surface area contributed by atoms with Gasteiger partial charge in [-0.2, -0.15) is 0 Å². The van der Waals surface area contributed by atoms with Crippen LogP contribution < -0.4 is 10.6 Å². The number of likely N-dealkylation sites (tertiary alicyclic amines) is 1. The summed E-state index contributed by atoms with van der Waals surface area (Å²) < 4.78 is 2.25. The van der Waals surface area contributed by atoms with Gasteiger partial charge in [0.1, 0.15) is 5.82 Å². The van der Waals surface area contributed by atoms with Crippen molar-refractivity contribution in [2.24, 2.45) is 16.8 Å². The molecule has 0 spiro atoms. The van der Waals surface area contributed by atoms with Gasteiger partial charge in [-0.1, -0.05) is 25.6 Å². The number of halogens is 1. The molecular weight excluding hydrogens is 513 g/mol. The van der Waals surface area contributed by atoms with E-state index in [9.17, 15) is 4.79 Å². The number of hydrogen-bond acceptors (Lipinski definition) is 5. The predicted octanol–water partition coefficient (Wildman–Crippen LogP) is 2.63. The van der Waals surface area contributed by atoms with Gasteiger partial charge < -0.3 is 20.1 Å². The Bertz CT molecular complexity index is 672. The lowest BCUT2D eigenvalue weighted by Gasteiger charge is -2.34. The molecule has 0 atom stereocenters. The quantitative estimate of drug-likeness (QED) is 0.161. The van der Waals surface area contributed by atoms with E-state index in [4.69, 9.17) is 0 Å². The molecule has 0 unspecified atom stereocenters. The summed E-state index contributed by atoms with van der Waals surface area (Å²) in [5.41, 5.74) is 0. The van der Waals surface area contributed by atoms with E-state index in [1.165, 1.54) is 0 Å². The molecule has 1 saturated heterocycles. The van der Waals surface area contributed by atoms with Crippen LogP contribution in [0.1, 0.15) is 45.4 Å². The molecule has 1 aromatic heterocycles. The Hall–Kier alpha value is -1.04. The van der Waals surface area contributed by atoms with Gasteiger partial charge in [0, 0.05) is 53.1 Å². The molecule has 30 heavy (non-hydrogen) atoms. The number of nitrogens with one attached hydrogen (secondary N) is 2. The van der Waals surface area contributed by atoms with Crippen LogP contribution in [0, 0.1) is 11.8 Å². The fourth-order valence-corrected chi connectivity index (χ4v) is 4.22. The molecule has 0 saturated carbocycles. The van der Waals surface area contributed by atoms with Crippen LogP contribution in [0.4, 0.5) is 0 Å². The summed E-state index contributed by atoms with van der Waals surface area (Å²) in [4.78, 5) is 18.3. The number of piperidine rings is 1. The molecule has 0 aliphatic carbocycles. The molecule has 2 heterocycles. The lowest BCUT2D eigenvalue weighted by Crippen LogP contribution is -2.46. The molecular formula is C20H38IN7OS. The highest BCUT2D eigenvalue weighted by Crippen LogP contribution is 2.20. The van der Waals surface area contributed by atoms with Crippen molar-refractivity contribution in [2.75, 3.05) is 40.0 Å². The number of carbonyl (C=O) groups excluding carboxylic acids is 1. The Morgan fingerprint density at radius 3 is 2.57 bits per heavy atom. The zero-order chi connectivity index (χ0) is 21.2. The van der Waals surface area contributed by atoms with Crippen molar-refractivity contribution in [1.29, 1.82) is 0 Å². The summed E-state index contributed by atoms with van der Waals surface area (Å²) >= 11 is 1.65. The minimum atomic E-state index is 0. The lowest BCUT2D eigenvalue weighted by atomic mass is 9.93. The van der Waals surface area contributed by atoms with E-state index < -0.39 is 0 Å². The number of aliphatic imine (C=N–C) groups is 1. The van der Waals surface area contributed by atoms with Crippen molar-refractivity contribution in [1.82, 2.24) is 30.3 Å². The maximum atomic E-state index is 11.6. The van der Waals surface area contributed by atoms with Gasteiger partial charge in [-0.05, 0) is 37.4 Å². The zero-order valence-corrected chi connectivity index (χ0v) is 22.1. The van der Waals surface area contributed by atoms with Crippen molar-refractivity contribution in [3.05, 3.63) is 5.82 Å². The van der Waals surface area contributed by atoms with Crippen molar-refractivity contribution in [3.63, 3.8) is 0 Å². The average molecular weight is 552 g/mol. The minimum Gasteiger partial charge on any atom is -0.359 e. The predicted molar refractivity (Wildman–Crippen MR) is 135 cm³/mol. The van der Waals surface area contributed by atoms with Crippen LogP contribution in [0.5, 0.6) is 0 Å². The molecule has 8 nitrogen and oxygen atoms in total. The van der Waals surface area contributed by atoms with E-state index in [0.717, 1.165) is 68.8 Å². The number of rotatable bonds is 9. The highest BCUT2D eigenvalue weighted by Gasteiger charge is 2.23. The van der Waals surface area contributed by atoms with Gasteiger partial charge in [0.05, 0.1) is 0 Å². The molecule has 2 rings (SSSR count). The Kier molecular flexibility index (Phi) is 12.7. The van der Waals surface area contributed by atoms with Gasteiger partial charge in [-0.3, -0.25) is 9.79 Å². The Morgan fingerprint density at radius 2 is 2.00 bits per heavy atom. The Morgan fingerprint density at radius 1 is 1.30 bits per heavy atom. The van der Waals surface area contributed by atoms with E-state index in [1.54, 1.807) is 18.8 Å². The largest absolute Gasteiger partial charge is 0.359 e. The maximum absolute atomic E-state index is 11.6. The number of thioether (sulfide) groups is 1. The van der Waals surface area contributed by atoms with Gasteiger partial charge in [0.2, 0.25) is 5.91 Å². The van der Waals surface area contributed by atoms with Crippen LogP contribution in [-0.4, -0.2) is 71.5 Å². The third kappa shape index (κ3) is 8.24. The molecule has 1 aliphatic rings. The average Bonchev–Trinajstić information content (AvgIpc) is 3.09. The molecule has 10 heteroatoms. The van der Waals surface area contributed by atoms with E-state index in [1.807, 2.05) is 13.3 Å². The topological polar surface area (TPSA) is 87.4 Å². The van der Waals surface area contributed by atoms with E-state index in [2.05, 4.69) is 49.1 Å². The fourth-order valence-electron chi connectivity index (χ4n) is 3.70. The van der Waals surface area contributed by atoms with Gasteiger partial charge >= 0.3 is 0 Å². The number of aryl methyl sites for hydroxylation is 1. The monoisotopic (exact) mass is 551 g/mol. The molecule has 172 valence electrons. The minimum absolute atomic E-state index is 0. The van der Waals surface area contributed by atoms with Crippen molar-refractivity contribution in [3.8, 4) is 0 Å². The number of hydrogen-bond donors (Lipinski definition) is 2. The van der Waals surface area contributed by atoms with Crippen molar-refractivity contribution >= 4 is 47.6 Å². The second-order valence-electron chi connectivity index (χ2n) is 7.99. The van der Waals surface area contributed by atoms with Gasteiger partial charge in [-0.15, -0.1) is 34.2 Å². The number of guanidine groups is 1. The second-order valence-corrected chi connectivity index (χ2v) is 8.77. The van der Waals surface area contributed by atoms with Crippen molar-refractivity contribution < 1.29 is 4.79 Å². The first-order valence-corrected chi connectivity index (χ1v) is 11.8. The smallest absolute Gasteiger partial charge is 0.220 e. The second kappa shape index (κ2) is 14.1. The summed E-state index contributed by atoms with van der Waals surface area (Å²) in [6.45, 7) is 8.14. The summed E-state index contributed by atoms with van der Waals surface area (Å²) in [5, 5.41) is 15.9. The third-order valence-corrected chi connectivity index (χ3v) is 5.93. The zero-order valence-electron chi connectivity index (χ0n) is 19.0. The number of amides is 1. The summed E-state index contributed by atoms with van der Waals surface area (Å²) in [7, 11) is 3.54. The third-order valence-electron chi connectivity index (χ3n) is 5.26. The lowest BCUT2D eigenvalue weighted by molar-refractivity contribution is -0.121. The van der Waals surface area contributed by atoms with Gasteiger partial charge in [0.25, 0.3) is 0 Å². The standard InChI is InChI=1S/C20H37N7OS.HI/c1-15(2)14-27-17(24-25-20(27)29-5)7-6-10-23-19(22-4)26-11-8-16(9-12-26)13-18(28)21-3;/h15-16H,6-14H2,1-5H3,(H,21,28)(H,22,23);1H. The molecule has 0 bridgehead atoms. The van der Waals surface area contributed by atoms with Crippen LogP contribution >= 0.6 is 35.7 Å². The van der Waals surface area contributed by atoms with Gasteiger partial charge in [0.15, 0.2) is 11.1 Å². The molecule has 0 radical (unpaired) electrons. The maximum Gasteiger partial charge on any atom is 0.220 e. The normalized spacial score (nSPS) is 15.3. The highest BCUT2D eigenvalue weighted by molar-refractivity contribution is 14.0.